The molecule has 5 heteroatoms. The number of benzene rings is 2. The Morgan fingerprint density at radius 1 is 1.21 bits per heavy atom. The fraction of sp³-hybridized carbons (Fsp3) is 0.0714. The third-order valence-electron chi connectivity index (χ3n) is 2.58. The van der Waals surface area contributed by atoms with Crippen molar-refractivity contribution in [3.8, 4) is 5.75 Å². The molecule has 0 atom stereocenters. The molecule has 98 valence electrons. The van der Waals surface area contributed by atoms with Gasteiger partial charge in [0.15, 0.2) is 0 Å². The lowest BCUT2D eigenvalue weighted by molar-refractivity contribution is -0.115. The van der Waals surface area contributed by atoms with E-state index < -0.39 is 0 Å². The first-order chi connectivity index (χ1) is 9.04. The lowest BCUT2D eigenvalue weighted by Crippen LogP contribution is -2.14. The molecule has 0 bridgehead atoms. The quantitative estimate of drug-likeness (QED) is 0.596. The molecule has 1 amide bonds. The van der Waals surface area contributed by atoms with Gasteiger partial charge in [-0.05, 0) is 35.9 Å². The van der Waals surface area contributed by atoms with Crippen LogP contribution >= 0.6 is 11.6 Å². The molecule has 0 aliphatic rings. The van der Waals surface area contributed by atoms with E-state index in [0.717, 1.165) is 5.56 Å². The number of carbonyl (C=O) groups is 1. The molecule has 0 aliphatic heterocycles. The van der Waals surface area contributed by atoms with Crippen molar-refractivity contribution in [2.75, 3.05) is 11.1 Å². The zero-order valence-corrected chi connectivity index (χ0v) is 10.8. The molecule has 2 rings (SSSR count). The van der Waals surface area contributed by atoms with E-state index in [4.69, 9.17) is 17.3 Å². The highest BCUT2D eigenvalue weighted by Crippen LogP contribution is 2.26. The molecule has 0 spiro atoms. The second-order valence-corrected chi connectivity index (χ2v) is 4.56. The maximum Gasteiger partial charge on any atom is 0.228 e. The van der Waals surface area contributed by atoms with Crippen molar-refractivity contribution in [1.29, 1.82) is 0 Å². The van der Waals surface area contributed by atoms with Gasteiger partial charge in [-0.25, -0.2) is 0 Å². The van der Waals surface area contributed by atoms with Crippen LogP contribution in [-0.4, -0.2) is 11.0 Å². The smallest absolute Gasteiger partial charge is 0.228 e. The Morgan fingerprint density at radius 3 is 2.58 bits per heavy atom. The molecule has 2 aromatic rings. The van der Waals surface area contributed by atoms with Crippen molar-refractivity contribution in [3.05, 3.63) is 53.1 Å². The van der Waals surface area contributed by atoms with E-state index in [1.165, 1.54) is 12.1 Å². The van der Waals surface area contributed by atoms with Crippen molar-refractivity contribution < 1.29 is 9.90 Å². The third-order valence-corrected chi connectivity index (χ3v) is 2.81. The molecule has 19 heavy (non-hydrogen) atoms. The van der Waals surface area contributed by atoms with Crippen LogP contribution in [0.25, 0.3) is 0 Å². The first-order valence-electron chi connectivity index (χ1n) is 5.67. The standard InChI is InChI=1S/C14H13ClN2O2/c15-10-3-6-13(18)12(8-10)17-14(19)7-9-1-4-11(16)5-2-9/h1-6,8,18H,7,16H2,(H,17,19). The number of halogens is 1. The van der Waals surface area contributed by atoms with Gasteiger partial charge in [0.05, 0.1) is 12.1 Å². The van der Waals surface area contributed by atoms with Crippen molar-refractivity contribution in [2.24, 2.45) is 0 Å². The summed E-state index contributed by atoms with van der Waals surface area (Å²) in [7, 11) is 0. The zero-order chi connectivity index (χ0) is 13.8. The largest absolute Gasteiger partial charge is 0.506 e. The number of nitrogens with two attached hydrogens (primary N) is 1. The Balaban J connectivity index is 2.05. The highest BCUT2D eigenvalue weighted by atomic mass is 35.5. The summed E-state index contributed by atoms with van der Waals surface area (Å²) in [6.07, 6.45) is 0.201. The summed E-state index contributed by atoms with van der Waals surface area (Å²) in [4.78, 5) is 11.8. The van der Waals surface area contributed by atoms with Gasteiger partial charge in [0.1, 0.15) is 5.75 Å². The fourth-order valence-corrected chi connectivity index (χ4v) is 1.80. The van der Waals surface area contributed by atoms with Crippen molar-refractivity contribution in [3.63, 3.8) is 0 Å². The van der Waals surface area contributed by atoms with Gasteiger partial charge < -0.3 is 16.2 Å². The molecular formula is C14H13ClN2O2. The number of aromatic hydroxyl groups is 1. The number of carbonyl (C=O) groups excluding carboxylic acids is 1. The average Bonchev–Trinajstić information content (AvgIpc) is 2.37. The van der Waals surface area contributed by atoms with Crippen LogP contribution in [-0.2, 0) is 11.2 Å². The number of nitrogen functional groups attached to an aromatic ring is 1. The summed E-state index contributed by atoms with van der Waals surface area (Å²) in [5.41, 5.74) is 7.36. The normalized spacial score (nSPS) is 10.2. The van der Waals surface area contributed by atoms with E-state index in [-0.39, 0.29) is 18.1 Å². The van der Waals surface area contributed by atoms with Gasteiger partial charge >= 0.3 is 0 Å². The van der Waals surface area contributed by atoms with Gasteiger partial charge in [0, 0.05) is 10.7 Å². The number of phenolic OH excluding ortho intramolecular Hbond substituents is 1. The Labute approximate surface area is 115 Å². The number of amides is 1. The molecule has 0 saturated carbocycles. The molecule has 0 aliphatic carbocycles. The second kappa shape index (κ2) is 5.63. The predicted molar refractivity (Wildman–Crippen MR) is 76.3 cm³/mol. The topological polar surface area (TPSA) is 75.4 Å². The van der Waals surface area contributed by atoms with Gasteiger partial charge in [-0.15, -0.1) is 0 Å². The monoisotopic (exact) mass is 276 g/mol. The van der Waals surface area contributed by atoms with Gasteiger partial charge in [-0.1, -0.05) is 23.7 Å². The minimum Gasteiger partial charge on any atom is -0.506 e. The minimum atomic E-state index is -0.234. The molecule has 0 fully saturated rings. The molecule has 4 N–H and O–H groups in total. The van der Waals surface area contributed by atoms with Crippen LogP contribution < -0.4 is 11.1 Å². The maximum atomic E-state index is 11.8. The van der Waals surface area contributed by atoms with Crippen LogP contribution in [0.15, 0.2) is 42.5 Å². The minimum absolute atomic E-state index is 0.0185. The van der Waals surface area contributed by atoms with Crippen LogP contribution in [0, 0.1) is 0 Å². The van der Waals surface area contributed by atoms with E-state index in [2.05, 4.69) is 5.32 Å². The summed E-state index contributed by atoms with van der Waals surface area (Å²) >= 11 is 5.80. The average molecular weight is 277 g/mol. The van der Waals surface area contributed by atoms with Gasteiger partial charge in [-0.2, -0.15) is 0 Å². The summed E-state index contributed by atoms with van der Waals surface area (Å²) in [5.74, 6) is -0.252. The fourth-order valence-electron chi connectivity index (χ4n) is 1.62. The number of phenols is 1. The number of hydrogen-bond acceptors (Lipinski definition) is 3. The third kappa shape index (κ3) is 3.63. The van der Waals surface area contributed by atoms with E-state index in [1.807, 2.05) is 0 Å². The Kier molecular flexibility index (Phi) is 3.92. The Hall–Kier alpha value is -2.20. The zero-order valence-electron chi connectivity index (χ0n) is 10.1. The molecular weight excluding hydrogens is 264 g/mol. The number of hydrogen-bond donors (Lipinski definition) is 3. The van der Waals surface area contributed by atoms with Gasteiger partial charge in [0.2, 0.25) is 5.91 Å². The van der Waals surface area contributed by atoms with Crippen molar-refractivity contribution in [1.82, 2.24) is 0 Å². The first-order valence-corrected chi connectivity index (χ1v) is 6.05. The molecule has 2 aromatic carbocycles. The van der Waals surface area contributed by atoms with Crippen LogP contribution in [0.5, 0.6) is 5.75 Å². The van der Waals surface area contributed by atoms with E-state index in [9.17, 15) is 9.90 Å². The molecule has 0 unspecified atom stereocenters. The molecule has 0 heterocycles. The molecule has 0 radical (unpaired) electrons. The second-order valence-electron chi connectivity index (χ2n) is 4.13. The van der Waals surface area contributed by atoms with E-state index in [0.29, 0.717) is 16.4 Å². The highest BCUT2D eigenvalue weighted by Gasteiger charge is 2.08. The van der Waals surface area contributed by atoms with Gasteiger partial charge in [0.25, 0.3) is 0 Å². The molecule has 0 saturated heterocycles. The SMILES string of the molecule is Nc1ccc(CC(=O)Nc2cc(Cl)ccc2O)cc1. The van der Waals surface area contributed by atoms with E-state index >= 15 is 0 Å². The Morgan fingerprint density at radius 2 is 1.89 bits per heavy atom. The summed E-state index contributed by atoms with van der Waals surface area (Å²) in [5, 5.41) is 12.7. The van der Waals surface area contributed by atoms with Crippen LogP contribution in [0.4, 0.5) is 11.4 Å². The van der Waals surface area contributed by atoms with Gasteiger partial charge in [-0.3, -0.25) is 4.79 Å². The molecule has 0 aromatic heterocycles. The van der Waals surface area contributed by atoms with Crippen molar-refractivity contribution in [2.45, 2.75) is 6.42 Å². The predicted octanol–water partition coefficient (Wildman–Crippen LogP) is 2.81. The Bertz CT molecular complexity index is 597. The number of nitrogens with one attached hydrogen (secondary N) is 1. The first kappa shape index (κ1) is 13.2. The molecule has 4 nitrogen and oxygen atoms in total. The lowest BCUT2D eigenvalue weighted by Gasteiger charge is -2.08. The number of anilines is 2. The summed E-state index contributed by atoms with van der Waals surface area (Å²) < 4.78 is 0. The van der Waals surface area contributed by atoms with Crippen LogP contribution in [0.3, 0.4) is 0 Å². The lowest BCUT2D eigenvalue weighted by atomic mass is 10.1. The maximum absolute atomic E-state index is 11.8. The summed E-state index contributed by atoms with van der Waals surface area (Å²) in [6.45, 7) is 0. The van der Waals surface area contributed by atoms with Crippen molar-refractivity contribution >= 4 is 28.9 Å². The van der Waals surface area contributed by atoms with E-state index in [1.54, 1.807) is 30.3 Å². The van der Waals surface area contributed by atoms with Crippen LogP contribution in [0.1, 0.15) is 5.56 Å². The number of rotatable bonds is 3. The highest BCUT2D eigenvalue weighted by molar-refractivity contribution is 6.31. The van der Waals surface area contributed by atoms with Crippen LogP contribution in [0.2, 0.25) is 5.02 Å². The summed E-state index contributed by atoms with van der Waals surface area (Å²) in [6, 6.07) is 11.5.